The van der Waals surface area contributed by atoms with Crippen LogP contribution in [0.2, 0.25) is 0 Å². The van der Waals surface area contributed by atoms with Crippen molar-refractivity contribution >= 4 is 17.3 Å². The number of nitrogens with zero attached hydrogens (tertiary/aromatic N) is 1. The van der Waals surface area contributed by atoms with Gasteiger partial charge in [0.2, 0.25) is 5.78 Å². The molecule has 3 nitrogen and oxygen atoms in total. The molecule has 3 aromatic rings. The lowest BCUT2D eigenvalue weighted by Gasteiger charge is -2.03. The molecule has 4 rings (SSSR count). The maximum Gasteiger partial charge on any atom is 0.269 e. The van der Waals surface area contributed by atoms with E-state index >= 15 is 0 Å². The number of aryl methyl sites for hydroxylation is 1. The molecule has 0 saturated carbocycles. The fourth-order valence-electron chi connectivity index (χ4n) is 2.80. The molecule has 1 aromatic heterocycles. The second kappa shape index (κ2) is 4.78. The molecule has 1 aliphatic rings. The SMILES string of the molecule is Cc1ccc(Cn2sc3c(c2=O)-c2ccccc2C3=O)cc1. The van der Waals surface area contributed by atoms with Gasteiger partial charge in [-0.1, -0.05) is 65.6 Å². The Morgan fingerprint density at radius 2 is 1.64 bits per heavy atom. The van der Waals surface area contributed by atoms with Crippen LogP contribution in [0.15, 0.2) is 53.3 Å². The van der Waals surface area contributed by atoms with Crippen LogP contribution < -0.4 is 5.56 Å². The van der Waals surface area contributed by atoms with Crippen molar-refractivity contribution in [2.24, 2.45) is 0 Å². The lowest BCUT2D eigenvalue weighted by molar-refractivity contribution is 0.104. The van der Waals surface area contributed by atoms with E-state index in [0.717, 1.165) is 11.1 Å². The summed E-state index contributed by atoms with van der Waals surface area (Å²) >= 11 is 1.27. The van der Waals surface area contributed by atoms with Gasteiger partial charge in [-0.15, -0.1) is 0 Å². The summed E-state index contributed by atoms with van der Waals surface area (Å²) in [6.07, 6.45) is 0. The van der Waals surface area contributed by atoms with E-state index in [0.29, 0.717) is 22.5 Å². The van der Waals surface area contributed by atoms with Gasteiger partial charge >= 0.3 is 0 Å². The van der Waals surface area contributed by atoms with Gasteiger partial charge in [0, 0.05) is 11.1 Å². The molecule has 0 atom stereocenters. The first-order chi connectivity index (χ1) is 10.6. The predicted molar refractivity (Wildman–Crippen MR) is 87.7 cm³/mol. The van der Waals surface area contributed by atoms with Crippen molar-refractivity contribution in [3.63, 3.8) is 0 Å². The fraction of sp³-hybridized carbons (Fsp3) is 0.111. The summed E-state index contributed by atoms with van der Waals surface area (Å²) in [5, 5.41) is 0. The first-order valence-corrected chi connectivity index (χ1v) is 7.86. The Morgan fingerprint density at radius 3 is 2.36 bits per heavy atom. The molecule has 2 aromatic carbocycles. The average Bonchev–Trinajstić information content (AvgIpc) is 2.99. The summed E-state index contributed by atoms with van der Waals surface area (Å²) in [6, 6.07) is 15.4. The molecule has 0 bridgehead atoms. The van der Waals surface area contributed by atoms with Gasteiger partial charge in [0.1, 0.15) is 4.88 Å². The number of fused-ring (bicyclic) bond motifs is 3. The lowest BCUT2D eigenvalue weighted by Crippen LogP contribution is -2.15. The molecule has 0 saturated heterocycles. The van der Waals surface area contributed by atoms with Crippen LogP contribution in [0.5, 0.6) is 0 Å². The van der Waals surface area contributed by atoms with Crippen LogP contribution in [-0.4, -0.2) is 9.74 Å². The second-order valence-electron chi connectivity index (χ2n) is 5.50. The molecule has 0 fully saturated rings. The van der Waals surface area contributed by atoms with E-state index in [2.05, 4.69) is 0 Å². The van der Waals surface area contributed by atoms with Crippen molar-refractivity contribution in [3.8, 4) is 11.1 Å². The van der Waals surface area contributed by atoms with E-state index in [1.165, 1.54) is 17.1 Å². The predicted octanol–water partition coefficient (Wildman–Crippen LogP) is 3.48. The molecule has 0 spiro atoms. The third kappa shape index (κ3) is 1.88. The summed E-state index contributed by atoms with van der Waals surface area (Å²) in [5.41, 5.74) is 4.16. The normalized spacial score (nSPS) is 12.3. The van der Waals surface area contributed by atoms with Crippen molar-refractivity contribution < 1.29 is 4.79 Å². The molecule has 4 heteroatoms. The van der Waals surface area contributed by atoms with Crippen molar-refractivity contribution in [3.05, 3.63) is 80.5 Å². The van der Waals surface area contributed by atoms with Crippen molar-refractivity contribution in [1.82, 2.24) is 3.96 Å². The smallest absolute Gasteiger partial charge is 0.269 e. The van der Waals surface area contributed by atoms with Crippen molar-refractivity contribution in [2.75, 3.05) is 0 Å². The molecule has 0 N–H and O–H groups in total. The summed E-state index contributed by atoms with van der Waals surface area (Å²) < 4.78 is 1.67. The molecule has 0 amide bonds. The van der Waals surface area contributed by atoms with Crippen LogP contribution in [0.4, 0.5) is 0 Å². The third-order valence-electron chi connectivity index (χ3n) is 3.96. The quantitative estimate of drug-likeness (QED) is 0.569. The molecule has 1 aliphatic carbocycles. The maximum absolute atomic E-state index is 12.7. The number of carbonyl (C=O) groups excluding carboxylic acids is 1. The van der Waals surface area contributed by atoms with Crippen LogP contribution in [0.3, 0.4) is 0 Å². The van der Waals surface area contributed by atoms with E-state index in [-0.39, 0.29) is 11.3 Å². The van der Waals surface area contributed by atoms with Crippen LogP contribution in [0, 0.1) is 6.92 Å². The topological polar surface area (TPSA) is 39.1 Å². The summed E-state index contributed by atoms with van der Waals surface area (Å²) in [5.74, 6) is -0.0321. The number of hydrogen-bond acceptors (Lipinski definition) is 3. The molecular weight excluding hydrogens is 294 g/mol. The minimum atomic E-state index is -0.0705. The summed E-state index contributed by atoms with van der Waals surface area (Å²) in [7, 11) is 0. The van der Waals surface area contributed by atoms with E-state index in [1.807, 2.05) is 49.4 Å². The number of benzene rings is 2. The second-order valence-corrected chi connectivity index (χ2v) is 6.53. The minimum Gasteiger partial charge on any atom is -0.288 e. The van der Waals surface area contributed by atoms with E-state index < -0.39 is 0 Å². The van der Waals surface area contributed by atoms with Crippen LogP contribution in [-0.2, 0) is 6.54 Å². The molecule has 0 radical (unpaired) electrons. The standard InChI is InChI=1S/C18H13NO2S/c1-11-6-8-12(9-7-11)10-19-18(21)15-13-4-2-3-5-14(13)16(20)17(15)22-19/h2-9H,10H2,1H3. The Labute approximate surface area is 131 Å². The molecule has 1 heterocycles. The molecule has 0 unspecified atom stereocenters. The van der Waals surface area contributed by atoms with Gasteiger partial charge in [-0.25, -0.2) is 0 Å². The number of ketones is 1. The highest BCUT2D eigenvalue weighted by Gasteiger charge is 2.32. The zero-order valence-electron chi connectivity index (χ0n) is 12.0. The minimum absolute atomic E-state index is 0.0321. The zero-order chi connectivity index (χ0) is 15.3. The van der Waals surface area contributed by atoms with Gasteiger partial charge < -0.3 is 0 Å². The number of rotatable bonds is 2. The van der Waals surface area contributed by atoms with Gasteiger partial charge in [-0.2, -0.15) is 0 Å². The molecular formula is C18H13NO2S. The number of aromatic nitrogens is 1. The monoisotopic (exact) mass is 307 g/mol. The van der Waals surface area contributed by atoms with E-state index in [9.17, 15) is 9.59 Å². The Balaban J connectivity index is 1.81. The fourth-order valence-corrected chi connectivity index (χ4v) is 3.89. The first kappa shape index (κ1) is 13.2. The Morgan fingerprint density at radius 1 is 0.955 bits per heavy atom. The highest BCUT2D eigenvalue weighted by Crippen LogP contribution is 2.36. The summed E-state index contributed by atoms with van der Waals surface area (Å²) in [4.78, 5) is 25.6. The Kier molecular flexibility index (Phi) is 2.87. The zero-order valence-corrected chi connectivity index (χ0v) is 12.8. The Bertz CT molecular complexity index is 948. The van der Waals surface area contributed by atoms with Crippen LogP contribution in [0.1, 0.15) is 26.4 Å². The van der Waals surface area contributed by atoms with Crippen LogP contribution in [0.25, 0.3) is 11.1 Å². The lowest BCUT2D eigenvalue weighted by atomic mass is 10.1. The first-order valence-electron chi connectivity index (χ1n) is 7.09. The molecule has 0 aliphatic heterocycles. The van der Waals surface area contributed by atoms with Crippen molar-refractivity contribution in [1.29, 1.82) is 0 Å². The molecule has 108 valence electrons. The third-order valence-corrected chi connectivity index (χ3v) is 5.05. The average molecular weight is 307 g/mol. The summed E-state index contributed by atoms with van der Waals surface area (Å²) in [6.45, 7) is 2.54. The van der Waals surface area contributed by atoms with Gasteiger partial charge in [0.15, 0.2) is 0 Å². The maximum atomic E-state index is 12.7. The highest BCUT2D eigenvalue weighted by atomic mass is 32.1. The van der Waals surface area contributed by atoms with E-state index in [1.54, 1.807) is 10.0 Å². The highest BCUT2D eigenvalue weighted by molar-refractivity contribution is 7.09. The molecule has 22 heavy (non-hydrogen) atoms. The Hall–Kier alpha value is -2.46. The van der Waals surface area contributed by atoms with E-state index in [4.69, 9.17) is 0 Å². The van der Waals surface area contributed by atoms with Gasteiger partial charge in [-0.3, -0.25) is 13.5 Å². The van der Waals surface area contributed by atoms with Crippen molar-refractivity contribution in [2.45, 2.75) is 13.5 Å². The van der Waals surface area contributed by atoms with Gasteiger partial charge in [0.25, 0.3) is 5.56 Å². The van der Waals surface area contributed by atoms with Gasteiger partial charge in [0.05, 0.1) is 12.1 Å². The number of hydrogen-bond donors (Lipinski definition) is 0. The van der Waals surface area contributed by atoms with Crippen LogP contribution >= 0.6 is 11.5 Å². The van der Waals surface area contributed by atoms with Gasteiger partial charge in [-0.05, 0) is 12.5 Å². The number of carbonyl (C=O) groups is 1. The largest absolute Gasteiger partial charge is 0.288 e.